The van der Waals surface area contributed by atoms with E-state index in [-0.39, 0.29) is 45.5 Å². The first-order valence-corrected chi connectivity index (χ1v) is 15.5. The van der Waals surface area contributed by atoms with Crippen molar-refractivity contribution in [2.75, 3.05) is 18.4 Å². The maximum absolute atomic E-state index is 13.9. The normalized spacial score (nSPS) is 16.0. The quantitative estimate of drug-likeness (QED) is 0.308. The number of halogens is 2. The van der Waals surface area contributed by atoms with Gasteiger partial charge in [0.25, 0.3) is 15.9 Å². The van der Waals surface area contributed by atoms with E-state index in [1.165, 1.54) is 22.8 Å². The topological polar surface area (TPSA) is 126 Å². The number of aryl methyl sites for hydroxylation is 1. The maximum Gasteiger partial charge on any atom is 0.269 e. The minimum atomic E-state index is -4.26. The Morgan fingerprint density at radius 3 is 2.43 bits per heavy atom. The molecule has 4 aromatic rings. The summed E-state index contributed by atoms with van der Waals surface area (Å²) in [6, 6.07) is 11.8. The molecule has 0 atom stereocenters. The largest absolute Gasteiger partial charge is 0.338 e. The Hall–Kier alpha value is -4.03. The Balaban J connectivity index is 1.34. The number of carbonyl (C=O) groups is 2. The number of piperidine rings is 1. The summed E-state index contributed by atoms with van der Waals surface area (Å²) in [6.07, 6.45) is 5.11. The number of fused-ring (bicyclic) bond motifs is 1. The van der Waals surface area contributed by atoms with Crippen LogP contribution in [-0.2, 0) is 14.8 Å². The second-order valence-corrected chi connectivity index (χ2v) is 12.8. The molecule has 0 radical (unpaired) electrons. The van der Waals surface area contributed by atoms with E-state index in [0.717, 1.165) is 17.3 Å². The molecule has 2 fully saturated rings. The Morgan fingerprint density at radius 2 is 1.74 bits per heavy atom. The smallest absolute Gasteiger partial charge is 0.269 e. The van der Waals surface area contributed by atoms with Crippen LogP contribution in [0.1, 0.15) is 53.1 Å². The standard InChI is InChI=1S/C29H28ClFN6O4S/c1-17-2-9-23(30)24(14-17)34-26-22(29(39)36-12-10-19(11-13-36)18-5-7-21(31)8-6-18)15-32-27-25(16-33-37(26)27)42(40,41)35-28(38)20-3-4-20/h2,5-9,14-16,19-20,34H,3-4,10-13H2,1H3,(H,35,38). The zero-order valence-electron chi connectivity index (χ0n) is 22.7. The first-order valence-electron chi connectivity index (χ1n) is 13.6. The fourth-order valence-corrected chi connectivity index (χ4v) is 6.45. The molecule has 2 amide bonds. The van der Waals surface area contributed by atoms with Crippen molar-refractivity contribution in [3.63, 3.8) is 0 Å². The summed E-state index contributed by atoms with van der Waals surface area (Å²) in [6.45, 7) is 2.83. The van der Waals surface area contributed by atoms with Crippen LogP contribution >= 0.6 is 11.6 Å². The van der Waals surface area contributed by atoms with Gasteiger partial charge in [-0.25, -0.2) is 22.5 Å². The second kappa shape index (κ2) is 11.0. The van der Waals surface area contributed by atoms with Gasteiger partial charge in [0.15, 0.2) is 10.5 Å². The predicted molar refractivity (Wildman–Crippen MR) is 155 cm³/mol. The molecule has 2 aromatic carbocycles. The van der Waals surface area contributed by atoms with Crippen LogP contribution in [0, 0.1) is 18.7 Å². The second-order valence-electron chi connectivity index (χ2n) is 10.7. The highest BCUT2D eigenvalue weighted by Crippen LogP contribution is 2.33. The van der Waals surface area contributed by atoms with Crippen LogP contribution in [0.3, 0.4) is 0 Å². The lowest BCUT2D eigenvalue weighted by Gasteiger charge is -2.32. The molecule has 1 aliphatic carbocycles. The van der Waals surface area contributed by atoms with Crippen molar-refractivity contribution in [3.8, 4) is 0 Å². The molecule has 1 saturated carbocycles. The molecule has 2 aromatic heterocycles. The van der Waals surface area contributed by atoms with E-state index in [4.69, 9.17) is 11.6 Å². The first-order chi connectivity index (χ1) is 20.1. The van der Waals surface area contributed by atoms with Gasteiger partial charge in [0, 0.05) is 25.2 Å². The summed E-state index contributed by atoms with van der Waals surface area (Å²) in [5.74, 6) is -1.09. The van der Waals surface area contributed by atoms with Crippen molar-refractivity contribution < 1.29 is 22.4 Å². The van der Waals surface area contributed by atoms with Gasteiger partial charge >= 0.3 is 0 Å². The summed E-state index contributed by atoms with van der Waals surface area (Å²) < 4.78 is 42.9. The highest BCUT2D eigenvalue weighted by Gasteiger charge is 2.35. The average Bonchev–Trinajstić information content (AvgIpc) is 3.73. The fraction of sp³-hybridized carbons (Fsp3) is 0.310. The summed E-state index contributed by atoms with van der Waals surface area (Å²) in [7, 11) is -4.26. The van der Waals surface area contributed by atoms with Crippen molar-refractivity contribution in [2.45, 2.75) is 43.4 Å². The highest BCUT2D eigenvalue weighted by atomic mass is 35.5. The van der Waals surface area contributed by atoms with E-state index in [1.807, 2.05) is 13.0 Å². The molecule has 0 bridgehead atoms. The number of anilines is 2. The molecule has 0 spiro atoms. The lowest BCUT2D eigenvalue weighted by molar-refractivity contribution is -0.120. The summed E-state index contributed by atoms with van der Waals surface area (Å²) in [5.41, 5.74) is 2.56. The molecule has 0 unspecified atom stereocenters. The van der Waals surface area contributed by atoms with Crippen LogP contribution in [-0.4, -0.2) is 52.8 Å². The molecular formula is C29H28ClFN6O4S. The number of amides is 2. The van der Waals surface area contributed by atoms with Crippen molar-refractivity contribution in [2.24, 2.45) is 5.92 Å². The Labute approximate surface area is 246 Å². The van der Waals surface area contributed by atoms with Gasteiger partial charge in [-0.05, 0) is 73.9 Å². The number of rotatable bonds is 7. The zero-order chi connectivity index (χ0) is 29.6. The van der Waals surface area contributed by atoms with Crippen LogP contribution in [0.5, 0.6) is 0 Å². The minimum Gasteiger partial charge on any atom is -0.338 e. The number of carbonyl (C=O) groups excluding carboxylic acids is 2. The molecule has 3 heterocycles. The summed E-state index contributed by atoms with van der Waals surface area (Å²) >= 11 is 6.46. The number of likely N-dealkylation sites (tertiary alicyclic amines) is 1. The van der Waals surface area contributed by atoms with Crippen molar-refractivity contribution in [1.29, 1.82) is 0 Å². The van der Waals surface area contributed by atoms with E-state index < -0.39 is 15.9 Å². The fourth-order valence-electron chi connectivity index (χ4n) is 5.18. The number of nitrogens with one attached hydrogen (secondary N) is 2. The summed E-state index contributed by atoms with van der Waals surface area (Å²) in [4.78, 5) is 31.9. The van der Waals surface area contributed by atoms with Gasteiger partial charge in [-0.1, -0.05) is 29.8 Å². The Morgan fingerprint density at radius 1 is 1.02 bits per heavy atom. The molecule has 1 aliphatic heterocycles. The van der Waals surface area contributed by atoms with E-state index in [9.17, 15) is 22.4 Å². The van der Waals surface area contributed by atoms with Gasteiger partial charge in [0.1, 0.15) is 17.2 Å². The average molecular weight is 611 g/mol. The Bertz CT molecular complexity index is 1800. The highest BCUT2D eigenvalue weighted by molar-refractivity contribution is 7.90. The SMILES string of the molecule is Cc1ccc(Cl)c(Nc2c(C(=O)N3CCC(c4ccc(F)cc4)CC3)cnc3c(S(=O)(=O)NC(=O)C4CC4)cnn23)c1. The number of hydrogen-bond donors (Lipinski definition) is 2. The lowest BCUT2D eigenvalue weighted by atomic mass is 9.89. The van der Waals surface area contributed by atoms with Crippen molar-refractivity contribution in [3.05, 3.63) is 82.4 Å². The van der Waals surface area contributed by atoms with Gasteiger partial charge in [-0.2, -0.15) is 9.61 Å². The number of sulfonamides is 1. The van der Waals surface area contributed by atoms with Gasteiger partial charge in [0.2, 0.25) is 5.91 Å². The van der Waals surface area contributed by atoms with Crippen LogP contribution < -0.4 is 10.0 Å². The molecule has 42 heavy (non-hydrogen) atoms. The first kappa shape index (κ1) is 28.1. The van der Waals surface area contributed by atoms with Crippen LogP contribution in [0.25, 0.3) is 5.65 Å². The molecule has 6 rings (SSSR count). The molecule has 10 nitrogen and oxygen atoms in total. The third-order valence-corrected chi connectivity index (χ3v) is 9.36. The van der Waals surface area contributed by atoms with E-state index in [0.29, 0.717) is 49.5 Å². The van der Waals surface area contributed by atoms with Crippen molar-refractivity contribution in [1.82, 2.24) is 24.2 Å². The number of benzene rings is 2. The third kappa shape index (κ3) is 5.56. The monoisotopic (exact) mass is 610 g/mol. The zero-order valence-corrected chi connectivity index (χ0v) is 24.3. The predicted octanol–water partition coefficient (Wildman–Crippen LogP) is 4.81. The maximum atomic E-state index is 13.9. The van der Waals surface area contributed by atoms with Gasteiger partial charge in [-0.3, -0.25) is 9.59 Å². The third-order valence-electron chi connectivity index (χ3n) is 7.70. The minimum absolute atomic E-state index is 0.0519. The van der Waals surface area contributed by atoms with Gasteiger partial charge in [-0.15, -0.1) is 0 Å². The molecule has 2 aliphatic rings. The van der Waals surface area contributed by atoms with Crippen LogP contribution in [0.2, 0.25) is 5.02 Å². The molecule has 2 N–H and O–H groups in total. The molecule has 1 saturated heterocycles. The van der Waals surface area contributed by atoms with E-state index in [1.54, 1.807) is 29.2 Å². The molecular weight excluding hydrogens is 583 g/mol. The lowest BCUT2D eigenvalue weighted by Crippen LogP contribution is -2.38. The van der Waals surface area contributed by atoms with E-state index >= 15 is 0 Å². The van der Waals surface area contributed by atoms with Crippen LogP contribution in [0.15, 0.2) is 59.8 Å². The van der Waals surface area contributed by atoms with Gasteiger partial charge in [0.05, 0.1) is 16.9 Å². The Kier molecular flexibility index (Phi) is 7.36. The van der Waals surface area contributed by atoms with Crippen LogP contribution in [0.4, 0.5) is 15.9 Å². The molecule has 13 heteroatoms. The molecule has 218 valence electrons. The number of nitrogens with zero attached hydrogens (tertiary/aromatic N) is 4. The van der Waals surface area contributed by atoms with E-state index in [2.05, 4.69) is 20.1 Å². The van der Waals surface area contributed by atoms with Crippen molar-refractivity contribution >= 4 is 50.6 Å². The van der Waals surface area contributed by atoms with Gasteiger partial charge < -0.3 is 10.2 Å². The number of aromatic nitrogens is 3. The number of hydrogen-bond acceptors (Lipinski definition) is 7. The summed E-state index contributed by atoms with van der Waals surface area (Å²) in [5, 5.41) is 7.84.